The molecule has 0 fully saturated rings. The molecule has 1 heterocycles. The van der Waals surface area contributed by atoms with Gasteiger partial charge in [-0.05, 0) is 13.3 Å². The molecule has 1 atom stereocenters. The minimum Gasteiger partial charge on any atom is -0.544 e. The molecule has 0 spiro atoms. The summed E-state index contributed by atoms with van der Waals surface area (Å²) in [6, 6.07) is 8.10. The molecule has 0 saturated carbocycles. The fraction of sp³-hybridized carbons (Fsp3) is 0.412. The van der Waals surface area contributed by atoms with Crippen molar-refractivity contribution in [3.63, 3.8) is 0 Å². The molecule has 118 valence electrons. The third kappa shape index (κ3) is 3.93. The molecule has 2 aromatic rings. The summed E-state index contributed by atoms with van der Waals surface area (Å²) in [4.78, 5) is 17.2. The van der Waals surface area contributed by atoms with E-state index in [4.69, 9.17) is 0 Å². The topological polar surface area (TPSA) is 57.5 Å². The van der Waals surface area contributed by atoms with E-state index in [2.05, 4.69) is 25.0 Å². The van der Waals surface area contributed by atoms with Crippen LogP contribution in [0.15, 0.2) is 24.3 Å². The minimum absolute atomic E-state index is 0.219. The van der Waals surface area contributed by atoms with Crippen LogP contribution in [-0.4, -0.2) is 24.5 Å². The summed E-state index contributed by atoms with van der Waals surface area (Å²) in [5, 5.41) is 11.9. The fourth-order valence-electron chi connectivity index (χ4n) is 2.48. The SMILES string of the molecule is CCCC[NH+](C)Cc1ccccc1-c1nc(C)c(C(=O)[O-])s1. The smallest absolute Gasteiger partial charge is 0.124 e. The van der Waals surface area contributed by atoms with Crippen LogP contribution in [0.25, 0.3) is 10.6 Å². The normalized spacial score (nSPS) is 12.3. The number of thiazole rings is 1. The molecule has 0 bridgehead atoms. The van der Waals surface area contributed by atoms with Crippen LogP contribution in [0.5, 0.6) is 0 Å². The number of carboxylic acid groups (broad SMARTS) is 1. The highest BCUT2D eigenvalue weighted by atomic mass is 32.1. The van der Waals surface area contributed by atoms with E-state index in [-0.39, 0.29) is 4.88 Å². The van der Waals surface area contributed by atoms with Crippen molar-refractivity contribution in [1.82, 2.24) is 4.98 Å². The molecular weight excluding hydrogens is 296 g/mol. The van der Waals surface area contributed by atoms with Crippen LogP contribution in [0.3, 0.4) is 0 Å². The van der Waals surface area contributed by atoms with Crippen LogP contribution in [0.4, 0.5) is 0 Å². The maximum atomic E-state index is 11.1. The number of quaternary nitrogens is 1. The Balaban J connectivity index is 2.28. The molecule has 0 amide bonds. The van der Waals surface area contributed by atoms with Crippen LogP contribution in [-0.2, 0) is 6.54 Å². The van der Waals surface area contributed by atoms with Gasteiger partial charge in [0.15, 0.2) is 0 Å². The summed E-state index contributed by atoms with van der Waals surface area (Å²) in [5.41, 5.74) is 2.76. The first-order valence-electron chi connectivity index (χ1n) is 7.61. The van der Waals surface area contributed by atoms with Crippen LogP contribution >= 0.6 is 11.3 Å². The molecule has 1 aromatic carbocycles. The number of aromatic nitrogens is 1. The lowest BCUT2D eigenvalue weighted by atomic mass is 10.1. The van der Waals surface area contributed by atoms with Crippen molar-refractivity contribution in [3.8, 4) is 10.6 Å². The average Bonchev–Trinajstić information content (AvgIpc) is 2.87. The second-order valence-electron chi connectivity index (χ2n) is 5.62. The number of rotatable bonds is 7. The lowest BCUT2D eigenvalue weighted by Gasteiger charge is -2.15. The van der Waals surface area contributed by atoms with Gasteiger partial charge in [0.1, 0.15) is 11.6 Å². The fourth-order valence-corrected chi connectivity index (χ4v) is 3.44. The molecule has 4 nitrogen and oxygen atoms in total. The number of carbonyl (C=O) groups is 1. The Hall–Kier alpha value is -1.72. The summed E-state index contributed by atoms with van der Waals surface area (Å²) in [7, 11) is 2.19. The number of aromatic carboxylic acids is 1. The highest BCUT2D eigenvalue weighted by Gasteiger charge is 2.15. The maximum Gasteiger partial charge on any atom is 0.124 e. The molecule has 0 radical (unpaired) electrons. The van der Waals surface area contributed by atoms with E-state index in [0.717, 1.165) is 23.7 Å². The Labute approximate surface area is 135 Å². The van der Waals surface area contributed by atoms with E-state index in [1.54, 1.807) is 6.92 Å². The molecule has 1 unspecified atom stereocenters. The van der Waals surface area contributed by atoms with E-state index < -0.39 is 5.97 Å². The molecule has 0 saturated heterocycles. The molecule has 1 N–H and O–H groups in total. The average molecular weight is 318 g/mol. The highest BCUT2D eigenvalue weighted by Crippen LogP contribution is 2.29. The lowest BCUT2D eigenvalue weighted by molar-refractivity contribution is -0.893. The van der Waals surface area contributed by atoms with Crippen LogP contribution in [0, 0.1) is 6.92 Å². The first kappa shape index (κ1) is 16.6. The molecule has 0 aliphatic carbocycles. The van der Waals surface area contributed by atoms with Crippen molar-refractivity contribution in [2.75, 3.05) is 13.6 Å². The Morgan fingerprint density at radius 3 is 2.73 bits per heavy atom. The van der Waals surface area contributed by atoms with Gasteiger partial charge in [0.05, 0.1) is 30.1 Å². The quantitative estimate of drug-likeness (QED) is 0.837. The number of nitrogens with zero attached hydrogens (tertiary/aromatic N) is 1. The van der Waals surface area contributed by atoms with Gasteiger partial charge in [0.25, 0.3) is 0 Å². The van der Waals surface area contributed by atoms with E-state index in [1.165, 1.54) is 34.6 Å². The third-order valence-corrected chi connectivity index (χ3v) is 4.85. The molecule has 0 aliphatic heterocycles. The van der Waals surface area contributed by atoms with Crippen LogP contribution in [0.2, 0.25) is 0 Å². The van der Waals surface area contributed by atoms with Gasteiger partial charge in [0.2, 0.25) is 0 Å². The molecule has 5 heteroatoms. The summed E-state index contributed by atoms with van der Waals surface area (Å²) in [6.45, 7) is 5.95. The van der Waals surface area contributed by atoms with Crippen molar-refractivity contribution in [3.05, 3.63) is 40.4 Å². The van der Waals surface area contributed by atoms with Gasteiger partial charge < -0.3 is 14.8 Å². The van der Waals surface area contributed by atoms with Crippen molar-refractivity contribution in [1.29, 1.82) is 0 Å². The van der Waals surface area contributed by atoms with Gasteiger partial charge in [-0.15, -0.1) is 11.3 Å². The Kier molecular flexibility index (Phi) is 5.69. The van der Waals surface area contributed by atoms with E-state index in [0.29, 0.717) is 5.69 Å². The number of carboxylic acids is 1. The largest absolute Gasteiger partial charge is 0.544 e. The molecule has 2 rings (SSSR count). The molecule has 1 aromatic heterocycles. The van der Waals surface area contributed by atoms with Crippen molar-refractivity contribution in [2.45, 2.75) is 33.2 Å². The molecule has 22 heavy (non-hydrogen) atoms. The monoisotopic (exact) mass is 318 g/mol. The Morgan fingerprint density at radius 2 is 2.09 bits per heavy atom. The third-order valence-electron chi connectivity index (χ3n) is 3.68. The van der Waals surface area contributed by atoms with Crippen LogP contribution in [0.1, 0.15) is 40.7 Å². The minimum atomic E-state index is -1.15. The number of nitrogens with one attached hydrogen (secondary N) is 1. The van der Waals surface area contributed by atoms with Gasteiger partial charge in [-0.25, -0.2) is 4.98 Å². The second kappa shape index (κ2) is 7.51. The number of carbonyl (C=O) groups excluding carboxylic acids is 1. The zero-order valence-corrected chi connectivity index (χ0v) is 14.1. The standard InChI is InChI=1S/C17H22N2O2S/c1-4-5-10-19(3)11-13-8-6-7-9-14(13)16-18-12(2)15(22-16)17(20)21/h6-9H,4-5,10-11H2,1-3H3,(H,20,21). The molecular formula is C17H22N2O2S. The van der Waals surface area contributed by atoms with Gasteiger partial charge in [0, 0.05) is 11.1 Å². The number of hydrogen-bond acceptors (Lipinski definition) is 4. The van der Waals surface area contributed by atoms with Crippen molar-refractivity contribution >= 4 is 17.3 Å². The summed E-state index contributed by atoms with van der Waals surface area (Å²) in [5.74, 6) is -1.15. The lowest BCUT2D eigenvalue weighted by Crippen LogP contribution is -3.07. The first-order chi connectivity index (χ1) is 10.5. The number of unbranched alkanes of at least 4 members (excludes halogenated alkanes) is 1. The van der Waals surface area contributed by atoms with Gasteiger partial charge >= 0.3 is 0 Å². The molecule has 0 aliphatic rings. The van der Waals surface area contributed by atoms with E-state index in [9.17, 15) is 9.90 Å². The van der Waals surface area contributed by atoms with Crippen molar-refractivity contribution in [2.24, 2.45) is 0 Å². The summed E-state index contributed by atoms with van der Waals surface area (Å²) in [6.07, 6.45) is 2.40. The highest BCUT2D eigenvalue weighted by molar-refractivity contribution is 7.17. The Morgan fingerprint density at radius 1 is 1.36 bits per heavy atom. The van der Waals surface area contributed by atoms with Crippen molar-refractivity contribution < 1.29 is 14.8 Å². The summed E-state index contributed by atoms with van der Waals surface area (Å²) < 4.78 is 0. The second-order valence-corrected chi connectivity index (χ2v) is 6.61. The van der Waals surface area contributed by atoms with Crippen LogP contribution < -0.4 is 10.0 Å². The number of benzene rings is 1. The summed E-state index contributed by atoms with van der Waals surface area (Å²) >= 11 is 1.20. The number of aryl methyl sites for hydroxylation is 1. The van der Waals surface area contributed by atoms with E-state index >= 15 is 0 Å². The zero-order chi connectivity index (χ0) is 16.1. The van der Waals surface area contributed by atoms with Gasteiger partial charge in [-0.2, -0.15) is 0 Å². The van der Waals surface area contributed by atoms with Gasteiger partial charge in [-0.3, -0.25) is 0 Å². The predicted molar refractivity (Wildman–Crippen MR) is 87.0 cm³/mol. The Bertz CT molecular complexity index is 652. The maximum absolute atomic E-state index is 11.1. The first-order valence-corrected chi connectivity index (χ1v) is 8.43. The predicted octanol–water partition coefficient (Wildman–Crippen LogP) is 1.30. The number of hydrogen-bond donors (Lipinski definition) is 1. The van der Waals surface area contributed by atoms with Gasteiger partial charge in [-0.1, -0.05) is 37.6 Å². The van der Waals surface area contributed by atoms with E-state index in [1.807, 2.05) is 18.2 Å². The zero-order valence-electron chi connectivity index (χ0n) is 13.3.